The van der Waals surface area contributed by atoms with Gasteiger partial charge in [-0.05, 0) is 12.3 Å². The molecule has 76 valence electrons. The van der Waals surface area contributed by atoms with Crippen molar-refractivity contribution in [3.63, 3.8) is 0 Å². The van der Waals surface area contributed by atoms with Crippen molar-refractivity contribution >= 4 is 0 Å². The number of hydrogen-bond acceptors (Lipinski definition) is 2. The maximum absolute atomic E-state index is 5.56. The van der Waals surface area contributed by atoms with Crippen molar-refractivity contribution in [2.24, 2.45) is 5.92 Å². The van der Waals surface area contributed by atoms with E-state index in [1.165, 1.54) is 32.1 Å². The van der Waals surface area contributed by atoms with Crippen LogP contribution in [0, 0.1) is 5.92 Å². The first-order valence-corrected chi connectivity index (χ1v) is 5.68. The molecule has 1 heterocycles. The second kappa shape index (κ2) is 4.97. The first-order chi connectivity index (χ1) is 6.45. The summed E-state index contributed by atoms with van der Waals surface area (Å²) in [7, 11) is 0. The van der Waals surface area contributed by atoms with E-state index >= 15 is 0 Å². The third-order valence-corrected chi connectivity index (χ3v) is 3.15. The maximum atomic E-state index is 5.56. The lowest BCUT2D eigenvalue weighted by Gasteiger charge is -2.29. The fraction of sp³-hybridized carbons (Fsp3) is 1.00. The molecule has 0 aromatic rings. The van der Waals surface area contributed by atoms with Crippen LogP contribution in [0.25, 0.3) is 0 Å². The van der Waals surface area contributed by atoms with E-state index in [2.05, 4.69) is 0 Å². The largest absolute Gasteiger partial charge is 0.353 e. The molecule has 0 radical (unpaired) electrons. The van der Waals surface area contributed by atoms with Crippen molar-refractivity contribution in [3.8, 4) is 0 Å². The molecule has 1 saturated heterocycles. The SMILES string of the molecule is C1CCC(CC2OCCCO2)CC1. The van der Waals surface area contributed by atoms with Gasteiger partial charge in [0.1, 0.15) is 0 Å². The van der Waals surface area contributed by atoms with Crippen LogP contribution in [0.4, 0.5) is 0 Å². The normalized spacial score (nSPS) is 27.7. The zero-order valence-electron chi connectivity index (χ0n) is 8.34. The molecule has 0 N–H and O–H groups in total. The Hall–Kier alpha value is -0.0800. The summed E-state index contributed by atoms with van der Waals surface area (Å²) in [6, 6.07) is 0. The molecule has 2 nitrogen and oxygen atoms in total. The van der Waals surface area contributed by atoms with Crippen LogP contribution in [0.2, 0.25) is 0 Å². The number of ether oxygens (including phenoxy) is 2. The average Bonchev–Trinajstić information content (AvgIpc) is 2.21. The second-order valence-corrected chi connectivity index (χ2v) is 4.26. The lowest BCUT2D eigenvalue weighted by Crippen LogP contribution is -2.27. The predicted octanol–water partition coefficient (Wildman–Crippen LogP) is 2.72. The highest BCUT2D eigenvalue weighted by atomic mass is 16.7. The van der Waals surface area contributed by atoms with Crippen molar-refractivity contribution in [1.29, 1.82) is 0 Å². The Morgan fingerprint density at radius 2 is 1.54 bits per heavy atom. The quantitative estimate of drug-likeness (QED) is 0.657. The van der Waals surface area contributed by atoms with E-state index < -0.39 is 0 Å². The van der Waals surface area contributed by atoms with Crippen molar-refractivity contribution in [3.05, 3.63) is 0 Å². The van der Waals surface area contributed by atoms with Crippen LogP contribution in [0.5, 0.6) is 0 Å². The highest BCUT2D eigenvalue weighted by molar-refractivity contribution is 4.68. The molecule has 0 atom stereocenters. The molecule has 0 bridgehead atoms. The third-order valence-electron chi connectivity index (χ3n) is 3.15. The number of rotatable bonds is 2. The fourth-order valence-electron chi connectivity index (χ4n) is 2.37. The van der Waals surface area contributed by atoms with Gasteiger partial charge >= 0.3 is 0 Å². The zero-order chi connectivity index (χ0) is 8.93. The highest BCUT2D eigenvalue weighted by Gasteiger charge is 2.21. The molecule has 2 aliphatic rings. The van der Waals surface area contributed by atoms with E-state index in [4.69, 9.17) is 9.47 Å². The third kappa shape index (κ3) is 2.96. The zero-order valence-corrected chi connectivity index (χ0v) is 8.34. The Morgan fingerprint density at radius 1 is 0.846 bits per heavy atom. The van der Waals surface area contributed by atoms with Gasteiger partial charge in [-0.25, -0.2) is 0 Å². The predicted molar refractivity (Wildman–Crippen MR) is 51.5 cm³/mol. The molecule has 0 spiro atoms. The van der Waals surface area contributed by atoms with Gasteiger partial charge in [0.2, 0.25) is 0 Å². The summed E-state index contributed by atoms with van der Waals surface area (Å²) in [6.45, 7) is 1.80. The summed E-state index contributed by atoms with van der Waals surface area (Å²) >= 11 is 0. The number of hydrogen-bond donors (Lipinski definition) is 0. The monoisotopic (exact) mass is 184 g/mol. The van der Waals surface area contributed by atoms with E-state index in [-0.39, 0.29) is 6.29 Å². The summed E-state index contributed by atoms with van der Waals surface area (Å²) in [5.41, 5.74) is 0. The Kier molecular flexibility index (Phi) is 3.62. The van der Waals surface area contributed by atoms with Crippen LogP contribution in [0.1, 0.15) is 44.9 Å². The minimum absolute atomic E-state index is 0.122. The van der Waals surface area contributed by atoms with Crippen LogP contribution in [-0.2, 0) is 9.47 Å². The van der Waals surface area contributed by atoms with Gasteiger partial charge in [-0.2, -0.15) is 0 Å². The standard InChI is InChI=1S/C11H20O2/c1-2-5-10(6-3-1)9-11-12-7-4-8-13-11/h10-11H,1-9H2. The van der Waals surface area contributed by atoms with Crippen LogP contribution in [0.15, 0.2) is 0 Å². The van der Waals surface area contributed by atoms with Crippen molar-refractivity contribution in [2.45, 2.75) is 51.2 Å². The molecule has 1 aliphatic heterocycles. The molecule has 2 heteroatoms. The van der Waals surface area contributed by atoms with Gasteiger partial charge in [0.15, 0.2) is 6.29 Å². The van der Waals surface area contributed by atoms with E-state index in [0.717, 1.165) is 32.0 Å². The van der Waals surface area contributed by atoms with Gasteiger partial charge in [0, 0.05) is 6.42 Å². The molecule has 0 amide bonds. The van der Waals surface area contributed by atoms with E-state index in [1.807, 2.05) is 0 Å². The maximum Gasteiger partial charge on any atom is 0.157 e. The molecule has 2 rings (SSSR count). The Morgan fingerprint density at radius 3 is 2.23 bits per heavy atom. The second-order valence-electron chi connectivity index (χ2n) is 4.26. The average molecular weight is 184 g/mol. The summed E-state index contributed by atoms with van der Waals surface area (Å²) in [6.07, 6.45) is 9.38. The Balaban J connectivity index is 1.69. The van der Waals surface area contributed by atoms with Gasteiger partial charge < -0.3 is 9.47 Å². The van der Waals surface area contributed by atoms with E-state index in [1.54, 1.807) is 0 Å². The molecule has 0 aromatic heterocycles. The first-order valence-electron chi connectivity index (χ1n) is 5.68. The van der Waals surface area contributed by atoms with Crippen LogP contribution in [0.3, 0.4) is 0 Å². The minimum atomic E-state index is 0.122. The van der Waals surface area contributed by atoms with Gasteiger partial charge in [-0.3, -0.25) is 0 Å². The van der Waals surface area contributed by atoms with E-state index in [9.17, 15) is 0 Å². The molecule has 0 aromatic carbocycles. The van der Waals surface area contributed by atoms with Crippen LogP contribution >= 0.6 is 0 Å². The molecule has 2 fully saturated rings. The van der Waals surface area contributed by atoms with Crippen molar-refractivity contribution < 1.29 is 9.47 Å². The van der Waals surface area contributed by atoms with Crippen LogP contribution < -0.4 is 0 Å². The van der Waals surface area contributed by atoms with Crippen molar-refractivity contribution in [1.82, 2.24) is 0 Å². The van der Waals surface area contributed by atoms with Gasteiger partial charge in [0.05, 0.1) is 13.2 Å². The molecular formula is C11H20O2. The molecule has 1 saturated carbocycles. The molecule has 0 unspecified atom stereocenters. The van der Waals surface area contributed by atoms with Crippen LogP contribution in [-0.4, -0.2) is 19.5 Å². The highest BCUT2D eigenvalue weighted by Crippen LogP contribution is 2.28. The van der Waals surface area contributed by atoms with Gasteiger partial charge in [-0.1, -0.05) is 32.1 Å². The first kappa shape index (κ1) is 9.47. The van der Waals surface area contributed by atoms with Gasteiger partial charge in [0.25, 0.3) is 0 Å². The summed E-state index contributed by atoms with van der Waals surface area (Å²) in [5.74, 6) is 0.872. The lowest BCUT2D eigenvalue weighted by molar-refractivity contribution is -0.187. The minimum Gasteiger partial charge on any atom is -0.353 e. The molecular weight excluding hydrogens is 164 g/mol. The molecule has 1 aliphatic carbocycles. The Bertz CT molecular complexity index is 119. The summed E-state index contributed by atoms with van der Waals surface area (Å²) in [4.78, 5) is 0. The summed E-state index contributed by atoms with van der Waals surface area (Å²) < 4.78 is 11.1. The molecule has 13 heavy (non-hydrogen) atoms. The fourth-order valence-corrected chi connectivity index (χ4v) is 2.37. The lowest BCUT2D eigenvalue weighted by atomic mass is 9.87. The van der Waals surface area contributed by atoms with Crippen molar-refractivity contribution in [2.75, 3.05) is 13.2 Å². The van der Waals surface area contributed by atoms with E-state index in [0.29, 0.717) is 0 Å². The smallest absolute Gasteiger partial charge is 0.157 e. The summed E-state index contributed by atoms with van der Waals surface area (Å²) in [5, 5.41) is 0. The van der Waals surface area contributed by atoms with Gasteiger partial charge in [-0.15, -0.1) is 0 Å². The Labute approximate surface area is 80.6 Å². The topological polar surface area (TPSA) is 18.5 Å².